The van der Waals surface area contributed by atoms with Gasteiger partial charge in [0.1, 0.15) is 6.54 Å². The van der Waals surface area contributed by atoms with E-state index >= 15 is 0 Å². The van der Waals surface area contributed by atoms with Crippen LogP contribution in [0.2, 0.25) is 0 Å². The minimum Gasteiger partial charge on any atom is -0.478 e. The van der Waals surface area contributed by atoms with Crippen LogP contribution in [0, 0.1) is 13.8 Å². The van der Waals surface area contributed by atoms with Gasteiger partial charge in [-0.3, -0.25) is 27.8 Å². The maximum atomic E-state index is 13.3. The molecule has 2 amide bonds. The number of rotatable bonds is 23. The Bertz CT molecular complexity index is 2510. The van der Waals surface area contributed by atoms with Gasteiger partial charge in [0.25, 0.3) is 52.3 Å². The van der Waals surface area contributed by atoms with Crippen LogP contribution in [0.3, 0.4) is 0 Å². The van der Waals surface area contributed by atoms with Crippen LogP contribution in [0.1, 0.15) is 68.9 Å². The van der Waals surface area contributed by atoms with E-state index in [2.05, 4.69) is 10.6 Å². The number of allylic oxidation sites excluding steroid dienone is 6. The highest BCUT2D eigenvalue weighted by Crippen LogP contribution is 2.28. The van der Waals surface area contributed by atoms with E-state index in [4.69, 9.17) is 9.11 Å². The Morgan fingerprint density at radius 1 is 0.700 bits per heavy atom. The normalized spacial score (nSPS) is 13.4. The van der Waals surface area contributed by atoms with Gasteiger partial charge < -0.3 is 20.6 Å². The van der Waals surface area contributed by atoms with Crippen molar-refractivity contribution in [2.24, 2.45) is 0 Å². The smallest absolute Gasteiger partial charge is 0.336 e. The van der Waals surface area contributed by atoms with E-state index in [1.54, 1.807) is 68.2 Å². The first-order chi connectivity index (χ1) is 27.6. The van der Waals surface area contributed by atoms with Crippen LogP contribution in [0.5, 0.6) is 0 Å². The topological polar surface area (TPSA) is 319 Å². The molecule has 0 spiro atoms. The Morgan fingerprint density at radius 2 is 1.25 bits per heavy atom. The van der Waals surface area contributed by atoms with Crippen molar-refractivity contribution in [2.75, 3.05) is 54.1 Å². The largest absolute Gasteiger partial charge is 0.478 e. The van der Waals surface area contributed by atoms with Crippen LogP contribution in [-0.4, -0.2) is 134 Å². The number of nitrogens with zero attached hydrogens (tertiary/aromatic N) is 2. The zero-order valence-corrected chi connectivity index (χ0v) is 36.4. The number of carbonyl (C=O) groups is 3. The third kappa shape index (κ3) is 18.2. The maximum Gasteiger partial charge on any atom is 0.336 e. The first-order valence-corrected chi connectivity index (χ1v) is 24.3. The predicted octanol–water partition coefficient (Wildman–Crippen LogP) is 2.42. The number of nitrogens with one attached hydrogen (secondary N) is 2. The van der Waals surface area contributed by atoms with Crippen molar-refractivity contribution in [1.82, 2.24) is 10.6 Å². The van der Waals surface area contributed by atoms with Gasteiger partial charge >= 0.3 is 5.97 Å². The Hall–Kier alpha value is -4.82. The van der Waals surface area contributed by atoms with Crippen LogP contribution < -0.4 is 15.5 Å². The lowest BCUT2D eigenvalue weighted by molar-refractivity contribution is -0.440. The second-order valence-corrected chi connectivity index (χ2v) is 19.6. The van der Waals surface area contributed by atoms with Crippen molar-refractivity contribution >= 4 is 75.3 Å². The van der Waals surface area contributed by atoms with E-state index in [1.807, 2.05) is 0 Å². The van der Waals surface area contributed by atoms with Gasteiger partial charge in [0, 0.05) is 73.2 Å². The fourth-order valence-corrected chi connectivity index (χ4v) is 7.40. The van der Waals surface area contributed by atoms with Crippen molar-refractivity contribution in [1.29, 1.82) is 0 Å². The summed E-state index contributed by atoms with van der Waals surface area (Å²) < 4.78 is 129. The fraction of sp³-hybridized carbons (Fsp3) is 0.389. The minimum absolute atomic E-state index is 0.00668. The zero-order valence-electron chi connectivity index (χ0n) is 33.1. The molecule has 0 radical (unpaired) electrons. The third-order valence-electron chi connectivity index (χ3n) is 8.61. The molecule has 332 valence electrons. The van der Waals surface area contributed by atoms with Crippen molar-refractivity contribution in [3.8, 4) is 0 Å². The van der Waals surface area contributed by atoms with E-state index in [0.717, 1.165) is 6.07 Å². The molecule has 0 aliphatic carbocycles. The van der Waals surface area contributed by atoms with Crippen LogP contribution in [-0.2, 0) is 40.5 Å². The highest BCUT2D eigenvalue weighted by Gasteiger charge is 2.25. The highest BCUT2D eigenvalue weighted by molar-refractivity contribution is 7.86. The molecule has 0 atom stereocenters. The number of benzene rings is 2. The Morgan fingerprint density at radius 3 is 1.80 bits per heavy atom. The molecule has 0 fully saturated rings. The molecule has 2 rings (SSSR count). The van der Waals surface area contributed by atoms with Gasteiger partial charge in [0.15, 0.2) is 5.71 Å². The number of hydrogen-bond donors (Lipinski definition) is 7. The van der Waals surface area contributed by atoms with Gasteiger partial charge in [0.2, 0.25) is 5.69 Å². The molecule has 0 heterocycles. The number of carboxylic acids is 1. The van der Waals surface area contributed by atoms with E-state index in [1.165, 1.54) is 23.6 Å². The second-order valence-electron chi connectivity index (χ2n) is 13.3. The van der Waals surface area contributed by atoms with Gasteiger partial charge in [-0.05, 0) is 57.0 Å². The quantitative estimate of drug-likeness (QED) is 0.0364. The number of carbonyl (C=O) groups excluding carboxylic acids is 2. The van der Waals surface area contributed by atoms with Crippen LogP contribution in [0.4, 0.5) is 11.4 Å². The van der Waals surface area contributed by atoms with E-state index < -0.39 is 94.4 Å². The van der Waals surface area contributed by atoms with Crippen molar-refractivity contribution in [2.45, 2.75) is 40.5 Å². The molecule has 7 N–H and O–H groups in total. The number of hydrogen-bond acceptors (Lipinski definition) is 12. The standard InChI is InChI=1S/C36H48N4O16S4/c1-25(39(17-9-19-57(45,46)47)32-14-8-13-30(27(32)3)36(43)44)11-6-5-7-12-26(2)40(18-10-20-58(48,49)50)33-24-29(34(41)37-15-21-59(51,52)53)23-31(28(33)4)35(42)38-16-22-60(54,55)56/h5-8,11-14,23-24H,9-10,15-22H2,1-4H3,(H6-,37,38,41,42,43,44,45,46,47,48,49,50,51,52,53,54,55,56)/p+1. The van der Waals surface area contributed by atoms with E-state index in [9.17, 15) is 62.3 Å². The molecule has 0 aromatic heterocycles. The number of carboxylic acid groups (broad SMARTS) is 1. The lowest BCUT2D eigenvalue weighted by atomic mass is 10.00. The molecule has 0 unspecified atom stereocenters. The first-order valence-electron chi connectivity index (χ1n) is 17.8. The average molecular weight is 922 g/mol. The van der Waals surface area contributed by atoms with Gasteiger partial charge in [-0.1, -0.05) is 24.3 Å². The summed E-state index contributed by atoms with van der Waals surface area (Å²) in [4.78, 5) is 40.0. The summed E-state index contributed by atoms with van der Waals surface area (Å²) in [7, 11) is -17.6. The van der Waals surface area contributed by atoms with Crippen LogP contribution in [0.25, 0.3) is 0 Å². The third-order valence-corrected chi connectivity index (χ3v) is 11.7. The minimum atomic E-state index is -4.46. The predicted molar refractivity (Wildman–Crippen MR) is 224 cm³/mol. The SMILES string of the molecule is C\C(=C/C=C/C=C/C(C)=[N+](\CCCS(=O)(=O)O)c1cc(C(=O)NCCS(=O)(=O)O)cc(C(=O)NCCS(=O)(=O)O)c1C)N(CCCS(=O)(=O)O)c1cccc(C(=O)O)c1C. The van der Waals surface area contributed by atoms with Crippen molar-refractivity contribution in [3.05, 3.63) is 94.2 Å². The molecule has 0 aliphatic rings. The monoisotopic (exact) mass is 921 g/mol. The van der Waals surface area contributed by atoms with Crippen LogP contribution >= 0.6 is 0 Å². The Kier molecular flexibility index (Phi) is 18.9. The van der Waals surface area contributed by atoms with Gasteiger partial charge in [-0.15, -0.1) is 0 Å². The molecule has 24 heteroatoms. The number of amides is 2. The Balaban J connectivity index is 2.68. The average Bonchev–Trinajstić information content (AvgIpc) is 3.10. The molecule has 2 aromatic rings. The molecular weight excluding hydrogens is 873 g/mol. The summed E-state index contributed by atoms with van der Waals surface area (Å²) in [6, 6.07) is 7.11. The molecule has 0 saturated heterocycles. The summed E-state index contributed by atoms with van der Waals surface area (Å²) in [6.45, 7) is 5.37. The van der Waals surface area contributed by atoms with E-state index in [-0.39, 0.29) is 53.9 Å². The van der Waals surface area contributed by atoms with Crippen molar-refractivity contribution < 1.29 is 75.9 Å². The summed E-state index contributed by atoms with van der Waals surface area (Å²) in [5.74, 6) is -5.76. The molecule has 0 aliphatic heterocycles. The van der Waals surface area contributed by atoms with Gasteiger partial charge in [0.05, 0.1) is 28.6 Å². The van der Waals surface area contributed by atoms with Gasteiger partial charge in [-0.2, -0.15) is 38.2 Å². The lowest BCUT2D eigenvalue weighted by Crippen LogP contribution is -2.31. The maximum absolute atomic E-state index is 13.3. The molecule has 60 heavy (non-hydrogen) atoms. The summed E-state index contributed by atoms with van der Waals surface area (Å²) in [6.07, 6.45) is 7.89. The van der Waals surface area contributed by atoms with Crippen LogP contribution in [0.15, 0.2) is 66.4 Å². The molecular formula is C36H49N4O16S4+. The zero-order chi connectivity index (χ0) is 45.6. The second kappa shape index (κ2) is 22.1. The molecule has 0 bridgehead atoms. The summed E-state index contributed by atoms with van der Waals surface area (Å²) in [5, 5.41) is 14.3. The molecule has 2 aromatic carbocycles. The molecule has 0 saturated carbocycles. The first kappa shape index (κ1) is 51.3. The molecule has 20 nitrogen and oxygen atoms in total. The fourth-order valence-electron chi connectivity index (χ4n) is 5.70. The Labute approximate surface area is 349 Å². The summed E-state index contributed by atoms with van der Waals surface area (Å²) in [5.41, 5.74) is 1.98. The van der Waals surface area contributed by atoms with Crippen molar-refractivity contribution in [3.63, 3.8) is 0 Å². The number of anilines is 1. The highest BCUT2D eigenvalue weighted by atomic mass is 32.2. The lowest BCUT2D eigenvalue weighted by Gasteiger charge is -2.27. The number of aromatic carboxylic acids is 1. The van der Waals surface area contributed by atoms with Gasteiger partial charge in [-0.25, -0.2) is 4.79 Å². The summed E-state index contributed by atoms with van der Waals surface area (Å²) >= 11 is 0. The van der Waals surface area contributed by atoms with E-state index in [0.29, 0.717) is 22.7 Å².